The van der Waals surface area contributed by atoms with E-state index < -0.39 is 11.0 Å². The van der Waals surface area contributed by atoms with Crippen LogP contribution in [0.3, 0.4) is 0 Å². The van der Waals surface area contributed by atoms with Crippen molar-refractivity contribution in [2.24, 2.45) is 0 Å². The third-order valence-electron chi connectivity index (χ3n) is 5.14. The highest BCUT2D eigenvalue weighted by Gasteiger charge is 2.26. The van der Waals surface area contributed by atoms with Crippen molar-refractivity contribution < 1.29 is 24.0 Å². The minimum Gasteiger partial charge on any atom is -0.490 e. The SMILES string of the molecule is CCCCNC(=O)[C@H](C)N(Cc1cccc(C)c1)C(=O)COc1ccc([N+](=O)[O-])c(OC)c1. The van der Waals surface area contributed by atoms with Gasteiger partial charge in [-0.15, -0.1) is 0 Å². The fourth-order valence-corrected chi connectivity index (χ4v) is 3.25. The zero-order valence-corrected chi connectivity index (χ0v) is 19.5. The first-order valence-electron chi connectivity index (χ1n) is 10.8. The number of nitro groups is 1. The molecule has 2 amide bonds. The maximum atomic E-state index is 13.1. The number of benzene rings is 2. The molecule has 0 saturated heterocycles. The van der Waals surface area contributed by atoms with E-state index in [4.69, 9.17) is 9.47 Å². The second kappa shape index (κ2) is 12.4. The van der Waals surface area contributed by atoms with Gasteiger partial charge in [0.05, 0.1) is 12.0 Å². The highest BCUT2D eigenvalue weighted by atomic mass is 16.6. The fourth-order valence-electron chi connectivity index (χ4n) is 3.25. The molecule has 1 atom stereocenters. The monoisotopic (exact) mass is 457 g/mol. The standard InChI is InChI=1S/C24H31N3O6/c1-5-6-12-25-24(29)18(3)26(15-19-9-7-8-17(2)13-19)23(28)16-33-20-10-11-21(27(30)31)22(14-20)32-4/h7-11,13-14,18H,5-6,12,15-16H2,1-4H3,(H,25,29)/t18-/m0/s1. The summed E-state index contributed by atoms with van der Waals surface area (Å²) in [6.45, 7) is 6.14. The molecule has 2 rings (SSSR count). The van der Waals surface area contributed by atoms with Gasteiger partial charge in [-0.25, -0.2) is 0 Å². The van der Waals surface area contributed by atoms with Crippen LogP contribution in [0.4, 0.5) is 5.69 Å². The Morgan fingerprint density at radius 2 is 1.97 bits per heavy atom. The Morgan fingerprint density at radius 3 is 2.61 bits per heavy atom. The van der Waals surface area contributed by atoms with Gasteiger partial charge in [-0.3, -0.25) is 19.7 Å². The van der Waals surface area contributed by atoms with Crippen LogP contribution in [0.1, 0.15) is 37.8 Å². The smallest absolute Gasteiger partial charge is 0.311 e. The Kier molecular flexibility index (Phi) is 9.65. The number of aryl methyl sites for hydroxylation is 1. The van der Waals surface area contributed by atoms with Gasteiger partial charge in [-0.05, 0) is 31.9 Å². The first-order chi connectivity index (χ1) is 15.8. The van der Waals surface area contributed by atoms with Crippen LogP contribution >= 0.6 is 0 Å². The molecule has 33 heavy (non-hydrogen) atoms. The average molecular weight is 458 g/mol. The second-order valence-electron chi connectivity index (χ2n) is 7.71. The molecule has 9 heteroatoms. The van der Waals surface area contributed by atoms with Crippen LogP contribution in [-0.2, 0) is 16.1 Å². The Morgan fingerprint density at radius 1 is 1.21 bits per heavy atom. The summed E-state index contributed by atoms with van der Waals surface area (Å²) in [7, 11) is 1.32. The molecule has 0 spiro atoms. The van der Waals surface area contributed by atoms with E-state index in [2.05, 4.69) is 5.32 Å². The summed E-state index contributed by atoms with van der Waals surface area (Å²) in [5.74, 6) is -0.333. The van der Waals surface area contributed by atoms with Gasteiger partial charge in [0.2, 0.25) is 11.7 Å². The molecule has 0 saturated carbocycles. The molecule has 0 heterocycles. The molecule has 2 aromatic carbocycles. The minimum absolute atomic E-state index is 0.0326. The summed E-state index contributed by atoms with van der Waals surface area (Å²) in [5, 5.41) is 13.9. The molecule has 1 N–H and O–H groups in total. The molecule has 0 aliphatic heterocycles. The van der Waals surface area contributed by atoms with Gasteiger partial charge in [0.15, 0.2) is 6.61 Å². The van der Waals surface area contributed by atoms with E-state index >= 15 is 0 Å². The van der Waals surface area contributed by atoms with Crippen molar-refractivity contribution >= 4 is 17.5 Å². The third-order valence-corrected chi connectivity index (χ3v) is 5.14. The molecule has 0 fully saturated rings. The van der Waals surface area contributed by atoms with Gasteiger partial charge in [0.25, 0.3) is 5.91 Å². The van der Waals surface area contributed by atoms with Crippen LogP contribution < -0.4 is 14.8 Å². The largest absolute Gasteiger partial charge is 0.490 e. The molecule has 0 aliphatic carbocycles. The molecule has 0 radical (unpaired) electrons. The number of methoxy groups -OCH3 is 1. The van der Waals surface area contributed by atoms with E-state index in [9.17, 15) is 19.7 Å². The number of hydrogen-bond donors (Lipinski definition) is 1. The predicted octanol–water partition coefficient (Wildman–Crippen LogP) is 3.62. The fraction of sp³-hybridized carbons (Fsp3) is 0.417. The molecular weight excluding hydrogens is 426 g/mol. The van der Waals surface area contributed by atoms with Gasteiger partial charge < -0.3 is 19.7 Å². The Balaban J connectivity index is 2.16. The first-order valence-corrected chi connectivity index (χ1v) is 10.8. The number of carbonyl (C=O) groups is 2. The molecule has 9 nitrogen and oxygen atoms in total. The van der Waals surface area contributed by atoms with Crippen LogP contribution in [0.25, 0.3) is 0 Å². The zero-order valence-electron chi connectivity index (χ0n) is 19.5. The van der Waals surface area contributed by atoms with Crippen molar-refractivity contribution in [3.8, 4) is 11.5 Å². The van der Waals surface area contributed by atoms with E-state index in [1.165, 1.54) is 30.2 Å². The molecule has 178 valence electrons. The number of nitrogens with zero attached hydrogens (tertiary/aromatic N) is 2. The summed E-state index contributed by atoms with van der Waals surface area (Å²) in [5.41, 5.74) is 1.75. The van der Waals surface area contributed by atoms with Gasteiger partial charge in [0, 0.05) is 25.2 Å². The Hall–Kier alpha value is -3.62. The lowest BCUT2D eigenvalue weighted by Crippen LogP contribution is -2.49. The van der Waals surface area contributed by atoms with Gasteiger partial charge >= 0.3 is 5.69 Å². The summed E-state index contributed by atoms with van der Waals surface area (Å²) < 4.78 is 10.6. The lowest BCUT2D eigenvalue weighted by molar-refractivity contribution is -0.385. The van der Waals surface area contributed by atoms with E-state index in [1.807, 2.05) is 38.1 Å². The first kappa shape index (κ1) is 25.6. The maximum Gasteiger partial charge on any atom is 0.311 e. The zero-order chi connectivity index (χ0) is 24.4. The molecule has 2 aromatic rings. The highest BCUT2D eigenvalue weighted by Crippen LogP contribution is 2.30. The van der Waals surface area contributed by atoms with Crippen molar-refractivity contribution in [2.75, 3.05) is 20.3 Å². The number of nitro benzene ring substituents is 1. The van der Waals surface area contributed by atoms with Crippen molar-refractivity contribution in [1.82, 2.24) is 10.2 Å². The number of unbranched alkanes of at least 4 members (excludes halogenated alkanes) is 1. The normalized spacial score (nSPS) is 11.4. The predicted molar refractivity (Wildman–Crippen MR) is 124 cm³/mol. The van der Waals surface area contributed by atoms with Crippen LogP contribution in [0.15, 0.2) is 42.5 Å². The Labute approximate surface area is 193 Å². The van der Waals surface area contributed by atoms with E-state index in [0.29, 0.717) is 6.54 Å². The third kappa shape index (κ3) is 7.48. The second-order valence-corrected chi connectivity index (χ2v) is 7.71. The van der Waals surface area contributed by atoms with E-state index in [1.54, 1.807) is 6.92 Å². The molecule has 0 bridgehead atoms. The summed E-state index contributed by atoms with van der Waals surface area (Å²) >= 11 is 0. The number of nitrogens with one attached hydrogen (secondary N) is 1. The van der Waals surface area contributed by atoms with Gasteiger partial charge in [-0.2, -0.15) is 0 Å². The number of ether oxygens (including phenoxy) is 2. The number of amides is 2. The lowest BCUT2D eigenvalue weighted by Gasteiger charge is -2.29. The number of carbonyl (C=O) groups excluding carboxylic acids is 2. The van der Waals surface area contributed by atoms with Crippen molar-refractivity contribution in [2.45, 2.75) is 46.2 Å². The highest BCUT2D eigenvalue weighted by molar-refractivity contribution is 5.88. The van der Waals surface area contributed by atoms with Crippen molar-refractivity contribution in [3.63, 3.8) is 0 Å². The van der Waals surface area contributed by atoms with Crippen LogP contribution in [0, 0.1) is 17.0 Å². The van der Waals surface area contributed by atoms with Gasteiger partial charge in [-0.1, -0.05) is 43.2 Å². The minimum atomic E-state index is -0.704. The molecule has 0 unspecified atom stereocenters. The van der Waals surface area contributed by atoms with E-state index in [0.717, 1.165) is 24.0 Å². The van der Waals surface area contributed by atoms with Crippen molar-refractivity contribution in [3.05, 3.63) is 63.7 Å². The van der Waals surface area contributed by atoms with Crippen LogP contribution in [0.5, 0.6) is 11.5 Å². The topological polar surface area (TPSA) is 111 Å². The van der Waals surface area contributed by atoms with Crippen LogP contribution in [-0.4, -0.2) is 47.9 Å². The summed E-state index contributed by atoms with van der Waals surface area (Å²) in [6.07, 6.45) is 1.81. The van der Waals surface area contributed by atoms with Crippen LogP contribution in [0.2, 0.25) is 0 Å². The number of hydrogen-bond acceptors (Lipinski definition) is 6. The average Bonchev–Trinajstić information content (AvgIpc) is 2.80. The van der Waals surface area contributed by atoms with Crippen molar-refractivity contribution in [1.29, 1.82) is 0 Å². The quantitative estimate of drug-likeness (QED) is 0.296. The summed E-state index contributed by atoms with van der Waals surface area (Å²) in [4.78, 5) is 37.7. The number of rotatable bonds is 12. The van der Waals surface area contributed by atoms with Gasteiger partial charge in [0.1, 0.15) is 11.8 Å². The van der Waals surface area contributed by atoms with E-state index in [-0.39, 0.29) is 42.2 Å². The Bertz CT molecular complexity index is 978. The lowest BCUT2D eigenvalue weighted by atomic mass is 10.1. The molecule has 0 aromatic heterocycles. The maximum absolute atomic E-state index is 13.1. The molecular formula is C24H31N3O6. The molecule has 0 aliphatic rings. The summed E-state index contributed by atoms with van der Waals surface area (Å²) in [6, 6.07) is 11.0.